The first-order chi connectivity index (χ1) is 11.5. The molecule has 0 amide bonds. The van der Waals surface area contributed by atoms with Crippen LogP contribution in [0.5, 0.6) is 11.5 Å². The Labute approximate surface area is 136 Å². The summed E-state index contributed by atoms with van der Waals surface area (Å²) in [4.78, 5) is 0. The summed E-state index contributed by atoms with van der Waals surface area (Å²) in [6.07, 6.45) is -0.0356. The van der Waals surface area contributed by atoms with E-state index in [-0.39, 0.29) is 6.54 Å². The summed E-state index contributed by atoms with van der Waals surface area (Å²) < 4.78 is 47.6. The molecule has 0 spiro atoms. The van der Waals surface area contributed by atoms with E-state index < -0.39 is 24.3 Å². The quantitative estimate of drug-likeness (QED) is 0.869. The minimum Gasteiger partial charge on any atom is -0.491 e. The highest BCUT2D eigenvalue weighted by Crippen LogP contribution is 2.38. The third-order valence-corrected chi connectivity index (χ3v) is 3.74. The molecule has 0 radical (unpaired) electrons. The van der Waals surface area contributed by atoms with Gasteiger partial charge in [0.2, 0.25) is 0 Å². The lowest BCUT2D eigenvalue weighted by molar-refractivity contribution is -0.0522. The molecule has 0 bridgehead atoms. The summed E-state index contributed by atoms with van der Waals surface area (Å²) in [7, 11) is 0. The van der Waals surface area contributed by atoms with Gasteiger partial charge >= 0.3 is 6.61 Å². The molecule has 3 rings (SSSR count). The normalized spacial score (nSPS) is 16.5. The fraction of sp³-hybridized carbons (Fsp3) is 0.294. The number of benzene rings is 2. The van der Waals surface area contributed by atoms with Gasteiger partial charge in [-0.3, -0.25) is 0 Å². The van der Waals surface area contributed by atoms with Crippen LogP contribution in [0.15, 0.2) is 36.4 Å². The summed E-state index contributed by atoms with van der Waals surface area (Å²) >= 11 is 0. The highest BCUT2D eigenvalue weighted by atomic mass is 19.3. The van der Waals surface area contributed by atoms with Crippen molar-refractivity contribution in [1.82, 2.24) is 0 Å². The number of halogens is 3. The van der Waals surface area contributed by atoms with Crippen molar-refractivity contribution >= 4 is 5.69 Å². The van der Waals surface area contributed by atoms with E-state index in [1.807, 2.05) is 0 Å². The fourth-order valence-corrected chi connectivity index (χ4v) is 2.59. The van der Waals surface area contributed by atoms with E-state index in [1.54, 1.807) is 18.2 Å². The summed E-state index contributed by atoms with van der Waals surface area (Å²) in [6, 6.07) is 9.18. The summed E-state index contributed by atoms with van der Waals surface area (Å²) in [5, 5.41) is 13.1. The zero-order valence-electron chi connectivity index (χ0n) is 12.6. The van der Waals surface area contributed by atoms with Crippen LogP contribution in [0.3, 0.4) is 0 Å². The van der Waals surface area contributed by atoms with Gasteiger partial charge in [-0.1, -0.05) is 18.2 Å². The minimum atomic E-state index is -3.07. The van der Waals surface area contributed by atoms with Crippen molar-refractivity contribution in [3.63, 3.8) is 0 Å². The largest absolute Gasteiger partial charge is 0.491 e. The first kappa shape index (κ1) is 16.4. The number of para-hydroxylation sites is 1. The topological polar surface area (TPSA) is 50.7 Å². The molecular formula is C17H16F3NO3. The van der Waals surface area contributed by atoms with Crippen molar-refractivity contribution in [2.75, 3.05) is 11.9 Å². The number of alkyl halides is 2. The Kier molecular flexibility index (Phi) is 4.80. The molecule has 2 aromatic carbocycles. The molecule has 1 aliphatic rings. The SMILES string of the molecule is OC1CCOc2c(NCc3ccc(OC(F)F)c(F)c3)cccc21. The van der Waals surface area contributed by atoms with Crippen molar-refractivity contribution in [2.24, 2.45) is 0 Å². The van der Waals surface area contributed by atoms with Gasteiger partial charge in [-0.25, -0.2) is 4.39 Å². The van der Waals surface area contributed by atoms with Crippen LogP contribution in [-0.4, -0.2) is 18.3 Å². The lowest BCUT2D eigenvalue weighted by Crippen LogP contribution is -2.15. The van der Waals surface area contributed by atoms with Crippen molar-refractivity contribution in [1.29, 1.82) is 0 Å². The molecule has 1 aliphatic heterocycles. The van der Waals surface area contributed by atoms with Crippen molar-refractivity contribution in [3.8, 4) is 11.5 Å². The molecule has 4 nitrogen and oxygen atoms in total. The molecule has 7 heteroatoms. The maximum Gasteiger partial charge on any atom is 0.387 e. The molecule has 0 aliphatic carbocycles. The monoisotopic (exact) mass is 339 g/mol. The highest BCUT2D eigenvalue weighted by molar-refractivity contribution is 5.61. The standard InChI is InChI=1S/C17H16F3NO3/c18-12-8-10(4-5-15(12)24-17(19)20)9-21-13-3-1-2-11-14(22)6-7-23-16(11)13/h1-5,8,14,17,21-22H,6-7,9H2. The number of aliphatic hydroxyl groups is 1. The second-order valence-corrected chi connectivity index (χ2v) is 5.37. The number of hydrogen-bond donors (Lipinski definition) is 2. The zero-order valence-corrected chi connectivity index (χ0v) is 12.6. The number of rotatable bonds is 5. The third kappa shape index (κ3) is 3.56. The Morgan fingerprint density at radius 2 is 2.12 bits per heavy atom. The number of aliphatic hydroxyl groups excluding tert-OH is 1. The summed E-state index contributed by atoms with van der Waals surface area (Å²) in [6.45, 7) is -2.38. The molecule has 24 heavy (non-hydrogen) atoms. The van der Waals surface area contributed by atoms with E-state index in [0.717, 1.165) is 6.07 Å². The number of fused-ring (bicyclic) bond motifs is 1. The Bertz CT molecular complexity index is 724. The predicted octanol–water partition coefficient (Wildman–Crippen LogP) is 3.86. The van der Waals surface area contributed by atoms with Crippen LogP contribution in [-0.2, 0) is 6.54 Å². The highest BCUT2D eigenvalue weighted by Gasteiger charge is 2.21. The van der Waals surface area contributed by atoms with Gasteiger partial charge in [0.05, 0.1) is 18.4 Å². The second-order valence-electron chi connectivity index (χ2n) is 5.37. The van der Waals surface area contributed by atoms with Gasteiger partial charge in [0.1, 0.15) is 5.75 Å². The number of nitrogens with one attached hydrogen (secondary N) is 1. The van der Waals surface area contributed by atoms with Crippen LogP contribution in [0, 0.1) is 5.82 Å². The molecular weight excluding hydrogens is 323 g/mol. The zero-order chi connectivity index (χ0) is 17.1. The van der Waals surface area contributed by atoms with Gasteiger partial charge in [-0.05, 0) is 23.8 Å². The van der Waals surface area contributed by atoms with Crippen molar-refractivity contribution in [3.05, 3.63) is 53.3 Å². The Morgan fingerprint density at radius 1 is 1.29 bits per heavy atom. The lowest BCUT2D eigenvalue weighted by Gasteiger charge is -2.24. The molecule has 2 aromatic rings. The lowest BCUT2D eigenvalue weighted by atomic mass is 10.0. The van der Waals surface area contributed by atoms with Crippen LogP contribution < -0.4 is 14.8 Å². The molecule has 0 fully saturated rings. The Hall–Kier alpha value is -2.41. The molecule has 0 saturated heterocycles. The average molecular weight is 339 g/mol. The Balaban J connectivity index is 1.72. The van der Waals surface area contributed by atoms with Gasteiger partial charge in [-0.15, -0.1) is 0 Å². The summed E-state index contributed by atoms with van der Waals surface area (Å²) in [5.41, 5.74) is 1.95. The van der Waals surface area contributed by atoms with Crippen LogP contribution in [0.1, 0.15) is 23.7 Å². The molecule has 128 valence electrons. The first-order valence-corrected chi connectivity index (χ1v) is 7.45. The third-order valence-electron chi connectivity index (χ3n) is 3.74. The van der Waals surface area contributed by atoms with Crippen LogP contribution in [0.4, 0.5) is 18.9 Å². The van der Waals surface area contributed by atoms with E-state index in [0.29, 0.717) is 35.6 Å². The number of anilines is 1. The number of ether oxygens (including phenoxy) is 2. The van der Waals surface area contributed by atoms with E-state index in [1.165, 1.54) is 12.1 Å². The van der Waals surface area contributed by atoms with E-state index in [4.69, 9.17) is 4.74 Å². The van der Waals surface area contributed by atoms with Gasteiger partial charge in [0, 0.05) is 18.5 Å². The summed E-state index contributed by atoms with van der Waals surface area (Å²) in [5.74, 6) is -0.761. The number of hydrogen-bond acceptors (Lipinski definition) is 4. The average Bonchev–Trinajstić information content (AvgIpc) is 2.55. The molecule has 1 unspecified atom stereocenters. The predicted molar refractivity (Wildman–Crippen MR) is 81.9 cm³/mol. The van der Waals surface area contributed by atoms with Crippen molar-refractivity contribution < 1.29 is 27.8 Å². The molecule has 1 heterocycles. The van der Waals surface area contributed by atoms with Gasteiger partial charge in [0.15, 0.2) is 11.6 Å². The fourth-order valence-electron chi connectivity index (χ4n) is 2.59. The minimum absolute atomic E-state index is 0.266. The van der Waals surface area contributed by atoms with E-state index >= 15 is 0 Å². The first-order valence-electron chi connectivity index (χ1n) is 7.45. The van der Waals surface area contributed by atoms with Crippen LogP contribution in [0.25, 0.3) is 0 Å². The van der Waals surface area contributed by atoms with Crippen molar-refractivity contribution in [2.45, 2.75) is 25.7 Å². The Morgan fingerprint density at radius 3 is 2.88 bits per heavy atom. The van der Waals surface area contributed by atoms with E-state index in [2.05, 4.69) is 10.1 Å². The molecule has 0 aromatic heterocycles. The maximum absolute atomic E-state index is 13.7. The van der Waals surface area contributed by atoms with Gasteiger partial charge < -0.3 is 19.9 Å². The smallest absolute Gasteiger partial charge is 0.387 e. The van der Waals surface area contributed by atoms with Crippen LogP contribution in [0.2, 0.25) is 0 Å². The maximum atomic E-state index is 13.7. The van der Waals surface area contributed by atoms with Gasteiger partial charge in [-0.2, -0.15) is 8.78 Å². The molecule has 1 atom stereocenters. The van der Waals surface area contributed by atoms with Crippen LogP contribution >= 0.6 is 0 Å². The van der Waals surface area contributed by atoms with E-state index in [9.17, 15) is 18.3 Å². The molecule has 2 N–H and O–H groups in total. The van der Waals surface area contributed by atoms with Gasteiger partial charge in [0.25, 0.3) is 0 Å². The molecule has 0 saturated carbocycles. The second kappa shape index (κ2) is 7.00.